The zero-order valence-corrected chi connectivity index (χ0v) is 26.0. The van der Waals surface area contributed by atoms with Gasteiger partial charge in [-0.15, -0.1) is 0 Å². The van der Waals surface area contributed by atoms with E-state index in [1.165, 1.54) is 12.1 Å². The van der Waals surface area contributed by atoms with Crippen LogP contribution in [0.3, 0.4) is 0 Å². The minimum atomic E-state index is -5.29. The highest BCUT2D eigenvalue weighted by Crippen LogP contribution is 2.54. The highest BCUT2D eigenvalue weighted by Gasteiger charge is 2.46. The van der Waals surface area contributed by atoms with Crippen LogP contribution in [0.25, 0.3) is 0 Å². The van der Waals surface area contributed by atoms with Crippen molar-refractivity contribution in [1.82, 2.24) is 0 Å². The molecule has 4 aromatic carbocycles. The maximum absolute atomic E-state index is 14.9. The summed E-state index contributed by atoms with van der Waals surface area (Å²) >= 11 is 0. The molecule has 0 amide bonds. The first-order valence-electron chi connectivity index (χ1n) is 13.6. The molecule has 0 fully saturated rings. The topological polar surface area (TPSA) is 0 Å². The molecule has 0 N–H and O–H groups in total. The summed E-state index contributed by atoms with van der Waals surface area (Å²) in [5.41, 5.74) is -4.13. The SMILES string of the molecule is C=C/C=C\C=C(\P(c1ccccc1P(c1ccccc1C(F)(F)F)c1ccccc1C(F)(F)F)c1ccccc1C(F)(F)F)C(F)(F)F. The van der Waals surface area contributed by atoms with E-state index in [1.54, 1.807) is 0 Å². The van der Waals surface area contributed by atoms with Gasteiger partial charge in [-0.25, -0.2) is 0 Å². The van der Waals surface area contributed by atoms with Crippen LogP contribution in [0.15, 0.2) is 133 Å². The van der Waals surface area contributed by atoms with Gasteiger partial charge in [0.1, 0.15) is 0 Å². The van der Waals surface area contributed by atoms with Crippen molar-refractivity contribution in [2.75, 3.05) is 0 Å². The molecule has 0 spiro atoms. The molecule has 48 heavy (non-hydrogen) atoms. The van der Waals surface area contributed by atoms with Gasteiger partial charge < -0.3 is 0 Å². The minimum Gasteiger partial charge on any atom is -0.166 e. The van der Waals surface area contributed by atoms with Gasteiger partial charge in [0.25, 0.3) is 0 Å². The van der Waals surface area contributed by atoms with Crippen LogP contribution in [0.5, 0.6) is 0 Å². The second-order valence-electron chi connectivity index (χ2n) is 9.87. The first-order chi connectivity index (χ1) is 22.4. The Morgan fingerprint density at radius 2 is 0.812 bits per heavy atom. The fraction of sp³-hybridized carbons (Fsp3) is 0.118. The third-order valence-electron chi connectivity index (χ3n) is 6.75. The number of halogens is 12. The highest BCUT2D eigenvalue weighted by molar-refractivity contribution is 7.84. The predicted octanol–water partition coefficient (Wildman–Crippen LogP) is 10.1. The fourth-order valence-electron chi connectivity index (χ4n) is 4.87. The van der Waals surface area contributed by atoms with Crippen molar-refractivity contribution in [3.8, 4) is 0 Å². The molecular weight excluding hydrogens is 698 g/mol. The van der Waals surface area contributed by atoms with Crippen LogP contribution in [-0.4, -0.2) is 6.18 Å². The first-order valence-corrected chi connectivity index (χ1v) is 16.3. The molecule has 0 nitrogen and oxygen atoms in total. The van der Waals surface area contributed by atoms with Crippen molar-refractivity contribution in [2.45, 2.75) is 24.7 Å². The Balaban J connectivity index is 2.24. The van der Waals surface area contributed by atoms with E-state index in [9.17, 15) is 52.7 Å². The van der Waals surface area contributed by atoms with Gasteiger partial charge in [-0.05, 0) is 66.6 Å². The number of rotatable bonds is 8. The molecule has 0 heterocycles. The van der Waals surface area contributed by atoms with E-state index < -0.39 is 89.1 Å². The standard InChI is InChI=1S/C34H22F12P2/c1-2-3-4-21-30(34(44,45)46)48(27-18-10-7-15-24(27)33(41,42)43)29-20-12-11-19-28(29)47(25-16-8-5-13-22(25)31(35,36)37)26-17-9-6-14-23(26)32(38,39)40/h2-21H,1H2/b4-3-,30-21+. The number of hydrogen-bond donors (Lipinski definition) is 0. The lowest BCUT2D eigenvalue weighted by molar-refractivity contribution is -0.137. The Hall–Kier alpha value is -3.88. The largest absolute Gasteiger partial charge is 0.417 e. The van der Waals surface area contributed by atoms with Crippen molar-refractivity contribution < 1.29 is 52.7 Å². The first kappa shape index (κ1) is 36.9. The Morgan fingerprint density at radius 3 is 1.21 bits per heavy atom. The molecule has 14 heteroatoms. The van der Waals surface area contributed by atoms with Crippen LogP contribution < -0.4 is 26.5 Å². The zero-order valence-electron chi connectivity index (χ0n) is 24.2. The van der Waals surface area contributed by atoms with Gasteiger partial charge in [0.05, 0.1) is 22.0 Å². The van der Waals surface area contributed by atoms with Gasteiger partial charge >= 0.3 is 24.7 Å². The average Bonchev–Trinajstić information content (AvgIpc) is 3.00. The van der Waals surface area contributed by atoms with Crippen molar-refractivity contribution in [1.29, 1.82) is 0 Å². The van der Waals surface area contributed by atoms with E-state index in [1.807, 2.05) is 0 Å². The van der Waals surface area contributed by atoms with E-state index in [0.717, 1.165) is 85.0 Å². The lowest BCUT2D eigenvalue weighted by atomic mass is 10.2. The molecule has 0 radical (unpaired) electrons. The summed E-state index contributed by atoms with van der Waals surface area (Å²) < 4.78 is 175. The summed E-state index contributed by atoms with van der Waals surface area (Å²) in [6, 6.07) is 15.3. The van der Waals surface area contributed by atoms with Crippen LogP contribution in [0.2, 0.25) is 0 Å². The summed E-state index contributed by atoms with van der Waals surface area (Å²) in [4.78, 5) is 0. The van der Waals surface area contributed by atoms with Gasteiger partial charge in [-0.2, -0.15) is 52.7 Å². The molecule has 1 atom stereocenters. The quantitative estimate of drug-likeness (QED) is 0.0966. The number of hydrogen-bond acceptors (Lipinski definition) is 0. The fourth-order valence-corrected chi connectivity index (χ4v) is 10.6. The predicted molar refractivity (Wildman–Crippen MR) is 166 cm³/mol. The molecule has 0 aliphatic heterocycles. The number of allylic oxidation sites excluding steroid dienone is 5. The summed E-state index contributed by atoms with van der Waals surface area (Å²) in [5, 5.41) is -4.58. The minimum absolute atomic E-state index is 0.410. The molecule has 0 bridgehead atoms. The third kappa shape index (κ3) is 8.21. The molecule has 0 aromatic heterocycles. The van der Waals surface area contributed by atoms with Crippen LogP contribution in [0, 0.1) is 0 Å². The Kier molecular flexibility index (Phi) is 11.0. The van der Waals surface area contributed by atoms with Crippen molar-refractivity contribution in [3.05, 3.63) is 150 Å². The van der Waals surface area contributed by atoms with Gasteiger partial charge in [0.15, 0.2) is 0 Å². The molecule has 0 aliphatic rings. The third-order valence-corrected chi connectivity index (χ3v) is 12.2. The Bertz CT molecular complexity index is 1750. The average molecular weight is 720 g/mol. The highest BCUT2D eigenvalue weighted by atomic mass is 31.1. The van der Waals surface area contributed by atoms with Crippen molar-refractivity contribution in [3.63, 3.8) is 0 Å². The van der Waals surface area contributed by atoms with Gasteiger partial charge in [-0.1, -0.05) is 104 Å². The molecular formula is C34H22F12P2. The van der Waals surface area contributed by atoms with Gasteiger partial charge in [0.2, 0.25) is 0 Å². The van der Waals surface area contributed by atoms with E-state index in [2.05, 4.69) is 6.58 Å². The van der Waals surface area contributed by atoms with Crippen LogP contribution in [0.4, 0.5) is 52.7 Å². The second-order valence-corrected chi connectivity index (χ2v) is 14.1. The molecule has 1 unspecified atom stereocenters. The van der Waals surface area contributed by atoms with Crippen LogP contribution >= 0.6 is 15.8 Å². The lowest BCUT2D eigenvalue weighted by Gasteiger charge is -2.32. The monoisotopic (exact) mass is 720 g/mol. The van der Waals surface area contributed by atoms with E-state index in [-0.39, 0.29) is 0 Å². The Labute approximate surface area is 269 Å². The van der Waals surface area contributed by atoms with E-state index in [4.69, 9.17) is 0 Å². The van der Waals surface area contributed by atoms with Gasteiger partial charge in [-0.3, -0.25) is 0 Å². The maximum atomic E-state index is 14.9. The molecule has 0 saturated carbocycles. The van der Waals surface area contributed by atoms with Crippen LogP contribution in [0.1, 0.15) is 16.7 Å². The smallest absolute Gasteiger partial charge is 0.166 e. The molecule has 4 aromatic rings. The summed E-state index contributed by atoms with van der Waals surface area (Å²) in [6.07, 6.45) is -17.1. The number of benzene rings is 4. The Morgan fingerprint density at radius 1 is 0.458 bits per heavy atom. The van der Waals surface area contributed by atoms with E-state index in [0.29, 0.717) is 24.3 Å². The molecule has 252 valence electrons. The summed E-state index contributed by atoms with van der Waals surface area (Å²) in [7, 11) is -6.34. The summed E-state index contributed by atoms with van der Waals surface area (Å²) in [6.45, 7) is 3.37. The molecule has 4 rings (SSSR count). The lowest BCUT2D eigenvalue weighted by Crippen LogP contribution is -2.38. The van der Waals surface area contributed by atoms with Crippen LogP contribution in [-0.2, 0) is 18.5 Å². The molecule has 0 saturated heterocycles. The maximum Gasteiger partial charge on any atom is 0.417 e. The number of alkyl halides is 12. The van der Waals surface area contributed by atoms with Gasteiger partial charge in [0, 0.05) is 0 Å². The molecule has 0 aliphatic carbocycles. The van der Waals surface area contributed by atoms with Crippen molar-refractivity contribution in [2.24, 2.45) is 0 Å². The normalized spacial score (nSPS) is 14.1. The zero-order chi connectivity index (χ0) is 35.5. The van der Waals surface area contributed by atoms with E-state index >= 15 is 0 Å². The summed E-state index contributed by atoms with van der Waals surface area (Å²) in [5.74, 6) is 0. The second kappa shape index (κ2) is 14.3. The van der Waals surface area contributed by atoms with Crippen molar-refractivity contribution >= 4 is 42.4 Å².